The Morgan fingerprint density at radius 1 is 1.11 bits per heavy atom. The van der Waals surface area contributed by atoms with Gasteiger partial charge in [-0.1, -0.05) is 31.2 Å². The summed E-state index contributed by atoms with van der Waals surface area (Å²) in [6.07, 6.45) is 4.71. The highest BCUT2D eigenvalue weighted by molar-refractivity contribution is 5.33. The van der Waals surface area contributed by atoms with E-state index in [4.69, 9.17) is 0 Å². The van der Waals surface area contributed by atoms with Crippen LogP contribution in [0.4, 0.5) is 0 Å². The van der Waals surface area contributed by atoms with Crippen LogP contribution in [0.1, 0.15) is 37.1 Å². The van der Waals surface area contributed by atoms with Crippen LogP contribution in [-0.4, -0.2) is 25.3 Å². The minimum atomic E-state index is 0.0562. The smallest absolute Gasteiger partial charge is 0.276 e. The summed E-state index contributed by atoms with van der Waals surface area (Å²) in [5, 5.41) is 0. The van der Waals surface area contributed by atoms with Gasteiger partial charge in [0.15, 0.2) is 0 Å². The van der Waals surface area contributed by atoms with Gasteiger partial charge in [0.05, 0.1) is 11.3 Å². The molecule has 0 spiro atoms. The Labute approximate surface area is 160 Å². The molecule has 0 aliphatic carbocycles. The lowest BCUT2D eigenvalue weighted by atomic mass is 10.1. The zero-order chi connectivity index (χ0) is 19.4. The summed E-state index contributed by atoms with van der Waals surface area (Å²) < 4.78 is 3.70. The standard InChI is InChI=1S/C22H28N4O/c1-5-17(2)25(15-19-10-9-13-23-14-19)16-21-18(3)24(4)26(22(21)27)20-11-7-6-8-12-20/h6-14,17H,5,15-16H2,1-4H3/t17-/m1/s1. The van der Waals surface area contributed by atoms with E-state index < -0.39 is 0 Å². The summed E-state index contributed by atoms with van der Waals surface area (Å²) in [4.78, 5) is 19.8. The zero-order valence-corrected chi connectivity index (χ0v) is 16.6. The average Bonchev–Trinajstić information content (AvgIpc) is 2.91. The molecule has 0 saturated carbocycles. The number of rotatable bonds is 7. The summed E-state index contributed by atoms with van der Waals surface area (Å²) in [5.74, 6) is 0. The first-order chi connectivity index (χ1) is 13.0. The van der Waals surface area contributed by atoms with Crippen molar-refractivity contribution in [2.24, 2.45) is 7.05 Å². The molecule has 5 heteroatoms. The summed E-state index contributed by atoms with van der Waals surface area (Å²) in [5.41, 5.74) is 3.96. The number of hydrogen-bond acceptors (Lipinski definition) is 3. The summed E-state index contributed by atoms with van der Waals surface area (Å²) in [7, 11) is 1.95. The van der Waals surface area contributed by atoms with Gasteiger partial charge in [0.2, 0.25) is 0 Å². The molecule has 0 radical (unpaired) electrons. The van der Waals surface area contributed by atoms with E-state index in [0.29, 0.717) is 12.6 Å². The van der Waals surface area contributed by atoms with Crippen LogP contribution in [-0.2, 0) is 20.1 Å². The molecule has 3 rings (SSSR count). The number of hydrogen-bond donors (Lipinski definition) is 0. The third-order valence-corrected chi connectivity index (χ3v) is 5.36. The maximum Gasteiger partial charge on any atom is 0.276 e. The van der Waals surface area contributed by atoms with E-state index in [1.165, 1.54) is 0 Å². The van der Waals surface area contributed by atoms with Gasteiger partial charge in [-0.05, 0) is 44.0 Å². The molecule has 3 aromatic rings. The van der Waals surface area contributed by atoms with Crippen LogP contribution >= 0.6 is 0 Å². The van der Waals surface area contributed by atoms with Gasteiger partial charge in [0.1, 0.15) is 0 Å². The van der Waals surface area contributed by atoms with E-state index in [-0.39, 0.29) is 5.56 Å². The van der Waals surface area contributed by atoms with Crippen molar-refractivity contribution in [3.05, 3.63) is 82.0 Å². The SMILES string of the molecule is CC[C@@H](C)N(Cc1cccnc1)Cc1c(C)n(C)n(-c2ccccc2)c1=O. The van der Waals surface area contributed by atoms with Crippen molar-refractivity contribution < 1.29 is 0 Å². The Kier molecular flexibility index (Phi) is 5.91. The van der Waals surface area contributed by atoms with Crippen molar-refractivity contribution in [3.63, 3.8) is 0 Å². The minimum absolute atomic E-state index is 0.0562. The molecular formula is C22H28N4O. The maximum atomic E-state index is 13.2. The lowest BCUT2D eigenvalue weighted by Gasteiger charge is -2.28. The molecule has 0 bridgehead atoms. The van der Waals surface area contributed by atoms with E-state index in [0.717, 1.165) is 35.5 Å². The van der Waals surface area contributed by atoms with Gasteiger partial charge < -0.3 is 0 Å². The van der Waals surface area contributed by atoms with Crippen molar-refractivity contribution >= 4 is 0 Å². The van der Waals surface area contributed by atoms with Gasteiger partial charge in [-0.25, -0.2) is 4.68 Å². The molecule has 1 aromatic carbocycles. The molecule has 0 N–H and O–H groups in total. The van der Waals surface area contributed by atoms with Gasteiger partial charge in [0, 0.05) is 44.3 Å². The first-order valence-corrected chi connectivity index (χ1v) is 9.48. The molecule has 0 aliphatic heterocycles. The molecule has 0 unspecified atom stereocenters. The quantitative estimate of drug-likeness (QED) is 0.642. The van der Waals surface area contributed by atoms with Crippen LogP contribution in [0.25, 0.3) is 5.69 Å². The molecule has 0 fully saturated rings. The van der Waals surface area contributed by atoms with Crippen molar-refractivity contribution in [3.8, 4) is 5.69 Å². The number of para-hydroxylation sites is 1. The van der Waals surface area contributed by atoms with Gasteiger partial charge >= 0.3 is 0 Å². The first-order valence-electron chi connectivity index (χ1n) is 9.48. The van der Waals surface area contributed by atoms with E-state index in [1.807, 2.05) is 61.2 Å². The van der Waals surface area contributed by atoms with Crippen LogP contribution in [0, 0.1) is 6.92 Å². The minimum Gasteiger partial charge on any atom is -0.292 e. The Morgan fingerprint density at radius 2 is 1.85 bits per heavy atom. The van der Waals surface area contributed by atoms with Gasteiger partial charge in [0.25, 0.3) is 5.56 Å². The lowest BCUT2D eigenvalue weighted by Crippen LogP contribution is -2.34. The highest BCUT2D eigenvalue weighted by Crippen LogP contribution is 2.17. The molecule has 2 aromatic heterocycles. The van der Waals surface area contributed by atoms with Crippen LogP contribution in [0.15, 0.2) is 59.7 Å². The van der Waals surface area contributed by atoms with Crippen molar-refractivity contribution in [2.45, 2.75) is 46.3 Å². The number of pyridine rings is 1. The number of benzene rings is 1. The predicted octanol–water partition coefficient (Wildman–Crippen LogP) is 3.68. The molecule has 1 atom stereocenters. The van der Waals surface area contributed by atoms with E-state index >= 15 is 0 Å². The van der Waals surface area contributed by atoms with Gasteiger partial charge in [-0.3, -0.25) is 19.4 Å². The normalized spacial score (nSPS) is 12.5. The number of aromatic nitrogens is 3. The Hall–Kier alpha value is -2.66. The number of nitrogens with zero attached hydrogens (tertiary/aromatic N) is 4. The highest BCUT2D eigenvalue weighted by atomic mass is 16.1. The average molecular weight is 364 g/mol. The van der Waals surface area contributed by atoms with Crippen molar-refractivity contribution in [1.29, 1.82) is 0 Å². The zero-order valence-electron chi connectivity index (χ0n) is 16.6. The van der Waals surface area contributed by atoms with Crippen LogP contribution < -0.4 is 5.56 Å². The first kappa shape index (κ1) is 19.1. The van der Waals surface area contributed by atoms with Crippen LogP contribution in [0.5, 0.6) is 0 Å². The van der Waals surface area contributed by atoms with Crippen LogP contribution in [0.3, 0.4) is 0 Å². The molecule has 0 aliphatic rings. The van der Waals surface area contributed by atoms with E-state index in [9.17, 15) is 4.79 Å². The second-order valence-electron chi connectivity index (χ2n) is 7.06. The Morgan fingerprint density at radius 3 is 2.48 bits per heavy atom. The third kappa shape index (κ3) is 4.03. The molecule has 0 saturated heterocycles. The molecule has 0 amide bonds. The third-order valence-electron chi connectivity index (χ3n) is 5.36. The predicted molar refractivity (Wildman–Crippen MR) is 109 cm³/mol. The lowest BCUT2D eigenvalue weighted by molar-refractivity contribution is 0.185. The summed E-state index contributed by atoms with van der Waals surface area (Å²) in [6, 6.07) is 14.2. The largest absolute Gasteiger partial charge is 0.292 e. The fourth-order valence-corrected chi connectivity index (χ4v) is 3.36. The Bertz CT molecular complexity index is 928. The highest BCUT2D eigenvalue weighted by Gasteiger charge is 2.21. The molecule has 142 valence electrons. The fourth-order valence-electron chi connectivity index (χ4n) is 3.36. The van der Waals surface area contributed by atoms with Crippen molar-refractivity contribution in [1.82, 2.24) is 19.2 Å². The molecular weight excluding hydrogens is 336 g/mol. The second kappa shape index (κ2) is 8.35. The Balaban J connectivity index is 1.96. The van der Waals surface area contributed by atoms with Gasteiger partial charge in [-0.15, -0.1) is 0 Å². The summed E-state index contributed by atoms with van der Waals surface area (Å²) in [6.45, 7) is 7.82. The maximum absolute atomic E-state index is 13.2. The fraction of sp³-hybridized carbons (Fsp3) is 0.364. The molecule has 27 heavy (non-hydrogen) atoms. The van der Waals surface area contributed by atoms with Crippen LogP contribution in [0.2, 0.25) is 0 Å². The van der Waals surface area contributed by atoms with Crippen molar-refractivity contribution in [2.75, 3.05) is 0 Å². The monoisotopic (exact) mass is 364 g/mol. The van der Waals surface area contributed by atoms with E-state index in [1.54, 1.807) is 10.9 Å². The molecule has 5 nitrogen and oxygen atoms in total. The summed E-state index contributed by atoms with van der Waals surface area (Å²) >= 11 is 0. The molecule has 2 heterocycles. The van der Waals surface area contributed by atoms with E-state index in [2.05, 4.69) is 29.8 Å². The van der Waals surface area contributed by atoms with Gasteiger partial charge in [-0.2, -0.15) is 0 Å². The second-order valence-corrected chi connectivity index (χ2v) is 7.06. The topological polar surface area (TPSA) is 43.1 Å².